The lowest BCUT2D eigenvalue weighted by molar-refractivity contribution is -0.124. The number of hydrogen-bond donors (Lipinski definition) is 4. The van der Waals surface area contributed by atoms with Crippen LogP contribution in [0.1, 0.15) is 47.2 Å². The van der Waals surface area contributed by atoms with Crippen molar-refractivity contribution in [3.05, 3.63) is 98.7 Å². The Balaban J connectivity index is 1.18. The molecule has 14 heteroatoms. The van der Waals surface area contributed by atoms with Gasteiger partial charge in [0, 0.05) is 46.9 Å². The van der Waals surface area contributed by atoms with Crippen molar-refractivity contribution in [2.75, 3.05) is 19.6 Å². The van der Waals surface area contributed by atoms with Gasteiger partial charge in [0.2, 0.25) is 21.8 Å². The van der Waals surface area contributed by atoms with Gasteiger partial charge in [0.05, 0.1) is 11.4 Å². The molecule has 1 atom stereocenters. The zero-order valence-electron chi connectivity index (χ0n) is 27.2. The topological polar surface area (TPSA) is 168 Å². The Kier molecular flexibility index (Phi) is 11.4. The van der Waals surface area contributed by atoms with Crippen molar-refractivity contribution >= 4 is 61.8 Å². The number of benzene rings is 3. The van der Waals surface area contributed by atoms with Crippen molar-refractivity contribution in [1.82, 2.24) is 19.9 Å². The molecule has 5 N–H and O–H groups in total. The number of amides is 2. The number of halogens is 2. The van der Waals surface area contributed by atoms with Crippen molar-refractivity contribution in [3.63, 3.8) is 0 Å². The van der Waals surface area contributed by atoms with Crippen LogP contribution in [-0.4, -0.2) is 61.0 Å². The fraction of sp³-hybridized carbons (Fsp3) is 0.314. The summed E-state index contributed by atoms with van der Waals surface area (Å²) < 4.78 is 35.1. The van der Waals surface area contributed by atoms with Crippen molar-refractivity contribution in [2.24, 2.45) is 5.73 Å². The first-order valence-corrected chi connectivity index (χ1v) is 18.0. The molecule has 1 unspecified atom stereocenters. The summed E-state index contributed by atoms with van der Waals surface area (Å²) in [6.07, 6.45) is 1.49. The third-order valence-electron chi connectivity index (χ3n) is 8.36. The summed E-state index contributed by atoms with van der Waals surface area (Å²) >= 11 is 13.2. The molecule has 258 valence electrons. The Morgan fingerprint density at radius 2 is 1.80 bits per heavy atom. The average Bonchev–Trinajstić information content (AvgIpc) is 3.56. The maximum Gasteiger partial charge on any atom is 0.245 e. The first-order valence-electron chi connectivity index (χ1n) is 15.8. The van der Waals surface area contributed by atoms with E-state index in [0.29, 0.717) is 48.2 Å². The number of pyridine rings is 1. The highest BCUT2D eigenvalue weighted by molar-refractivity contribution is 7.89. The Labute approximate surface area is 295 Å². The van der Waals surface area contributed by atoms with Crippen LogP contribution < -0.4 is 21.1 Å². The molecule has 0 bridgehead atoms. The number of ether oxygens (including phenoxy) is 1. The molecule has 1 saturated heterocycles. The van der Waals surface area contributed by atoms with Crippen LogP contribution in [-0.2, 0) is 32.6 Å². The Morgan fingerprint density at radius 3 is 2.53 bits per heavy atom. The number of fused-ring (bicyclic) bond motifs is 1. The van der Waals surface area contributed by atoms with E-state index in [0.717, 1.165) is 22.2 Å². The van der Waals surface area contributed by atoms with Crippen LogP contribution in [0, 0.1) is 19.3 Å². The van der Waals surface area contributed by atoms with Crippen LogP contribution in [0.5, 0.6) is 5.75 Å². The second kappa shape index (κ2) is 15.5. The minimum Gasteiger partial charge on any atom is -0.487 e. The number of hydrogen-bond acceptors (Lipinski definition) is 7. The molecular weight excluding hydrogens is 687 g/mol. The summed E-state index contributed by atoms with van der Waals surface area (Å²) in [5.74, 6) is -0.124. The molecule has 1 fully saturated rings. The smallest absolute Gasteiger partial charge is 0.245 e. The second-order valence-electron chi connectivity index (χ2n) is 11.9. The van der Waals surface area contributed by atoms with Crippen LogP contribution in [0.25, 0.3) is 10.9 Å². The predicted molar refractivity (Wildman–Crippen MR) is 191 cm³/mol. The number of sulfonamides is 1. The number of nitrogens with one attached hydrogen (secondary N) is 3. The number of aryl methyl sites for hydroxylation is 2. The predicted octanol–water partition coefficient (Wildman–Crippen LogP) is 5.04. The molecule has 0 aliphatic carbocycles. The van der Waals surface area contributed by atoms with Gasteiger partial charge in [-0.05, 0) is 68.5 Å². The van der Waals surface area contributed by atoms with E-state index in [1.807, 2.05) is 32.0 Å². The minimum absolute atomic E-state index is 0.0406. The monoisotopic (exact) mass is 724 g/mol. The first kappa shape index (κ1) is 36.1. The molecule has 0 saturated carbocycles. The SMILES string of the molecule is Cc1cc(C)c2cccc(OCc3c(Cl)ccc(S(=O)(=O)N4CCCC4C(=O)NCCCNC(=O)Cc4ccc(C(=N)N)cc4)c3Cl)c2n1. The zero-order chi connectivity index (χ0) is 35.3. The Morgan fingerprint density at radius 1 is 1.06 bits per heavy atom. The van der Waals surface area contributed by atoms with E-state index in [1.54, 1.807) is 30.3 Å². The molecule has 49 heavy (non-hydrogen) atoms. The zero-order valence-corrected chi connectivity index (χ0v) is 29.5. The minimum atomic E-state index is -4.18. The summed E-state index contributed by atoms with van der Waals surface area (Å²) in [5.41, 5.74) is 9.71. The lowest BCUT2D eigenvalue weighted by Crippen LogP contribution is -2.46. The summed E-state index contributed by atoms with van der Waals surface area (Å²) in [6, 6.07) is 16.4. The van der Waals surface area contributed by atoms with E-state index in [9.17, 15) is 18.0 Å². The number of nitrogens with zero attached hydrogens (tertiary/aromatic N) is 2. The molecule has 1 aliphatic heterocycles. The third kappa shape index (κ3) is 8.33. The maximum atomic E-state index is 13.9. The highest BCUT2D eigenvalue weighted by atomic mass is 35.5. The Hall–Kier alpha value is -4.23. The lowest BCUT2D eigenvalue weighted by atomic mass is 10.1. The van der Waals surface area contributed by atoms with E-state index < -0.39 is 22.0 Å². The molecule has 2 amide bonds. The summed E-state index contributed by atoms with van der Waals surface area (Å²) in [4.78, 5) is 30.0. The third-order valence-corrected chi connectivity index (χ3v) is 11.2. The van der Waals surface area contributed by atoms with Crippen molar-refractivity contribution < 1.29 is 22.7 Å². The number of amidine groups is 1. The van der Waals surface area contributed by atoms with Gasteiger partial charge in [-0.25, -0.2) is 13.4 Å². The van der Waals surface area contributed by atoms with Crippen molar-refractivity contribution in [1.29, 1.82) is 5.41 Å². The number of rotatable bonds is 13. The fourth-order valence-corrected chi connectivity index (χ4v) is 8.36. The largest absolute Gasteiger partial charge is 0.487 e. The first-order chi connectivity index (χ1) is 23.4. The summed E-state index contributed by atoms with van der Waals surface area (Å²) in [5, 5.41) is 14.2. The van der Waals surface area contributed by atoms with Gasteiger partial charge in [-0.2, -0.15) is 4.31 Å². The van der Waals surface area contributed by atoms with Crippen LogP contribution >= 0.6 is 23.2 Å². The van der Waals surface area contributed by atoms with Gasteiger partial charge in [0.25, 0.3) is 0 Å². The number of para-hydroxylation sites is 1. The number of nitrogens with two attached hydrogens (primary N) is 1. The molecule has 5 rings (SSSR count). The fourth-order valence-electron chi connectivity index (χ4n) is 5.84. The van der Waals surface area contributed by atoms with Crippen molar-refractivity contribution in [2.45, 2.75) is 57.1 Å². The van der Waals surface area contributed by atoms with E-state index >= 15 is 0 Å². The summed E-state index contributed by atoms with van der Waals surface area (Å²) in [7, 11) is -4.18. The van der Waals surface area contributed by atoms with Gasteiger partial charge in [-0.1, -0.05) is 59.6 Å². The normalized spacial score (nSPS) is 14.9. The highest BCUT2D eigenvalue weighted by Gasteiger charge is 2.40. The quantitative estimate of drug-likeness (QED) is 0.0851. The number of aromatic nitrogens is 1. The van der Waals surface area contributed by atoms with Gasteiger partial charge in [0.1, 0.15) is 34.6 Å². The van der Waals surface area contributed by atoms with E-state index in [4.69, 9.17) is 39.1 Å². The molecular formula is C35H38Cl2N6O5S. The number of carbonyl (C=O) groups is 2. The average molecular weight is 726 g/mol. The molecule has 1 aromatic heterocycles. The van der Waals surface area contributed by atoms with Crippen molar-refractivity contribution in [3.8, 4) is 5.75 Å². The molecule has 11 nitrogen and oxygen atoms in total. The lowest BCUT2D eigenvalue weighted by Gasteiger charge is -2.24. The van der Waals surface area contributed by atoms with E-state index in [-0.39, 0.29) is 52.8 Å². The van der Waals surface area contributed by atoms with Crippen LogP contribution in [0.15, 0.2) is 65.6 Å². The van der Waals surface area contributed by atoms with Gasteiger partial charge < -0.3 is 21.1 Å². The maximum absolute atomic E-state index is 13.9. The van der Waals surface area contributed by atoms with Gasteiger partial charge in [-0.3, -0.25) is 15.0 Å². The van der Waals surface area contributed by atoms with Crippen LogP contribution in [0.2, 0.25) is 10.0 Å². The van der Waals surface area contributed by atoms with Gasteiger partial charge >= 0.3 is 0 Å². The van der Waals surface area contributed by atoms with Crippen LogP contribution in [0.3, 0.4) is 0 Å². The second-order valence-corrected chi connectivity index (χ2v) is 14.6. The molecule has 3 aromatic carbocycles. The van der Waals surface area contributed by atoms with Gasteiger partial charge in [-0.15, -0.1) is 0 Å². The molecule has 4 aromatic rings. The van der Waals surface area contributed by atoms with Crippen LogP contribution in [0.4, 0.5) is 0 Å². The molecule has 0 spiro atoms. The number of nitrogen functional groups attached to an aromatic ring is 1. The van der Waals surface area contributed by atoms with Gasteiger partial charge in [0.15, 0.2) is 0 Å². The van der Waals surface area contributed by atoms with E-state index in [2.05, 4.69) is 15.6 Å². The molecule has 0 radical (unpaired) electrons. The highest BCUT2D eigenvalue weighted by Crippen LogP contribution is 2.36. The van der Waals surface area contributed by atoms with E-state index in [1.165, 1.54) is 16.4 Å². The summed E-state index contributed by atoms with van der Waals surface area (Å²) in [6.45, 7) is 4.55. The Bertz CT molecular complexity index is 2010. The molecule has 2 heterocycles. The molecule has 1 aliphatic rings. The standard InChI is InChI=1S/C35H38Cl2N6O5S/c1-21-18-22(2)42-33-25(21)6-3-8-29(33)48-20-26-27(36)13-14-30(32(26)37)49(46,47)43-17-4-7-28(43)35(45)41-16-5-15-40-31(44)19-23-9-11-24(12-10-23)34(38)39/h3,6,8-14,18,28H,4-5,7,15-17,19-20H2,1-2H3,(H3,38,39)(H,40,44)(H,41,45). The number of carbonyl (C=O) groups excluding carboxylic acids is 2.